The minimum absolute atomic E-state index is 0.00373. The zero-order chi connectivity index (χ0) is 36.6. The number of aliphatic hydroxyl groups is 1. The first-order chi connectivity index (χ1) is 25.0. The molecule has 0 radical (unpaired) electrons. The molecule has 4 heterocycles. The van der Waals surface area contributed by atoms with E-state index in [4.69, 9.17) is 16.3 Å². The Hall–Kier alpha value is -3.94. The van der Waals surface area contributed by atoms with E-state index in [-0.39, 0.29) is 36.8 Å². The smallest absolute Gasteiger partial charge is 0.264 e. The van der Waals surface area contributed by atoms with Crippen LogP contribution < -0.4 is 15.5 Å². The second kappa shape index (κ2) is 14.8. The number of aliphatic hydroxyl groups excluding tert-OH is 1. The number of rotatable bonds is 11. The fourth-order valence-electron chi connectivity index (χ4n) is 8.54. The Kier molecular flexibility index (Phi) is 10.4. The molecule has 0 bridgehead atoms. The molecule has 3 aliphatic heterocycles. The van der Waals surface area contributed by atoms with Crippen molar-refractivity contribution >= 4 is 43.2 Å². The van der Waals surface area contributed by atoms with Crippen LogP contribution in [-0.4, -0.2) is 66.1 Å². The average molecular weight is 745 g/mol. The lowest BCUT2D eigenvalue weighted by atomic mass is 9.82. The highest BCUT2D eigenvalue weighted by Gasteiger charge is 2.66. The monoisotopic (exact) mass is 744 g/mol. The fraction of sp³-hybridized carbons (Fsp3) is 0.436. The van der Waals surface area contributed by atoms with E-state index in [1.807, 2.05) is 73.8 Å². The highest BCUT2D eigenvalue weighted by atomic mass is 35.5. The average Bonchev–Trinajstić information content (AvgIpc) is 3.79. The first-order valence-corrected chi connectivity index (χ1v) is 21.5. The van der Waals surface area contributed by atoms with Gasteiger partial charge in [-0.3, -0.25) is 14.3 Å². The number of fused-ring (bicyclic) bond motifs is 2. The summed E-state index contributed by atoms with van der Waals surface area (Å²) in [7, 11) is -3.38. The summed E-state index contributed by atoms with van der Waals surface area (Å²) >= 11 is 6.57. The molecule has 4 aromatic rings. The number of halogens is 2. The lowest BCUT2D eigenvalue weighted by molar-refractivity contribution is -0.146. The third kappa shape index (κ3) is 6.94. The molecule has 13 heteroatoms. The Labute approximate surface area is 309 Å². The Balaban J connectivity index is 1.11. The molecule has 274 valence electrons. The molecule has 1 spiro atoms. The van der Waals surface area contributed by atoms with E-state index < -0.39 is 31.6 Å². The molecule has 0 aliphatic carbocycles. The van der Waals surface area contributed by atoms with Crippen molar-refractivity contribution in [2.24, 2.45) is 11.8 Å². The molecule has 0 saturated carbocycles. The van der Waals surface area contributed by atoms with Crippen LogP contribution in [-0.2, 0) is 33.0 Å². The van der Waals surface area contributed by atoms with Gasteiger partial charge in [-0.25, -0.2) is 0 Å². The number of carbonyl (C=O) groups excluding carboxylic acids is 2. The third-order valence-corrected chi connectivity index (χ3v) is 13.8. The van der Waals surface area contributed by atoms with Gasteiger partial charge in [0.15, 0.2) is 5.60 Å². The molecule has 10 nitrogen and oxygen atoms in total. The Morgan fingerprint density at radius 3 is 2.63 bits per heavy atom. The minimum atomic E-state index is -3.38. The number of amides is 2. The lowest BCUT2D eigenvalue weighted by Gasteiger charge is -2.31. The van der Waals surface area contributed by atoms with Crippen molar-refractivity contribution in [3.05, 3.63) is 106 Å². The summed E-state index contributed by atoms with van der Waals surface area (Å²) in [4.78, 5) is 29.3. The normalized spacial score (nSPS) is 25.0. The van der Waals surface area contributed by atoms with Crippen LogP contribution in [0.5, 0.6) is 0 Å². The highest BCUT2D eigenvalue weighted by Crippen LogP contribution is 2.60. The molecule has 2 fully saturated rings. The zero-order valence-electron chi connectivity index (χ0n) is 29.8. The van der Waals surface area contributed by atoms with Crippen LogP contribution in [0.1, 0.15) is 54.5 Å². The van der Waals surface area contributed by atoms with Crippen molar-refractivity contribution in [1.29, 1.82) is 0 Å². The number of benzene rings is 3. The Morgan fingerprint density at radius 1 is 1.17 bits per heavy atom. The summed E-state index contributed by atoms with van der Waals surface area (Å²) < 4.78 is 25.0. The van der Waals surface area contributed by atoms with Crippen molar-refractivity contribution in [3.8, 4) is 0 Å². The van der Waals surface area contributed by atoms with Gasteiger partial charge in [-0.15, -0.1) is 5.10 Å². The third-order valence-electron chi connectivity index (χ3n) is 11.1. The molecule has 6 atom stereocenters. The molecule has 52 heavy (non-hydrogen) atoms. The predicted molar refractivity (Wildman–Crippen MR) is 201 cm³/mol. The van der Waals surface area contributed by atoms with Gasteiger partial charge in [0.25, 0.3) is 5.91 Å². The summed E-state index contributed by atoms with van der Waals surface area (Å²) in [5.74, 6) is -1.07. The number of nitrogens with zero attached hydrogens (tertiary/aromatic N) is 4. The van der Waals surface area contributed by atoms with Gasteiger partial charge < -0.3 is 29.5 Å². The number of anilines is 2. The van der Waals surface area contributed by atoms with Crippen molar-refractivity contribution in [2.45, 2.75) is 75.5 Å². The molecular weight excluding hydrogens is 699 g/mol. The molecule has 1 aromatic heterocycles. The summed E-state index contributed by atoms with van der Waals surface area (Å²) in [5, 5.41) is 25.6. The SMILES string of the molecule is C[C@@H]1[C@@H]([Si](C)(C)F)[C@H](CCn2cc(C(CO)c3ccccc3)nn2)O[C@@]12C(=O)N(Cc1ccc(NC(=O)C3CCCNC3)cc1)c1ccc(Cl)cc12. The van der Waals surface area contributed by atoms with E-state index >= 15 is 4.11 Å². The molecule has 7 rings (SSSR count). The van der Waals surface area contributed by atoms with Crippen LogP contribution in [0.15, 0.2) is 79.0 Å². The Morgan fingerprint density at radius 2 is 1.94 bits per heavy atom. The number of hydrogen-bond donors (Lipinski definition) is 3. The number of piperidine rings is 1. The van der Waals surface area contributed by atoms with E-state index in [1.54, 1.807) is 34.8 Å². The van der Waals surface area contributed by atoms with Gasteiger partial charge >= 0.3 is 0 Å². The van der Waals surface area contributed by atoms with Crippen molar-refractivity contribution in [1.82, 2.24) is 20.3 Å². The summed E-state index contributed by atoms with van der Waals surface area (Å²) in [6.07, 6.45) is 3.52. The van der Waals surface area contributed by atoms with Gasteiger partial charge in [0, 0.05) is 47.0 Å². The van der Waals surface area contributed by atoms with Crippen molar-refractivity contribution in [2.75, 3.05) is 29.9 Å². The van der Waals surface area contributed by atoms with E-state index in [1.165, 1.54) is 0 Å². The van der Waals surface area contributed by atoms with E-state index in [0.717, 1.165) is 30.5 Å². The van der Waals surface area contributed by atoms with Crippen molar-refractivity contribution in [3.63, 3.8) is 0 Å². The van der Waals surface area contributed by atoms with Gasteiger partial charge in [-0.05, 0) is 80.4 Å². The fourth-order valence-corrected chi connectivity index (χ4v) is 11.3. The molecule has 2 amide bonds. The quantitative estimate of drug-likeness (QED) is 0.120. The summed E-state index contributed by atoms with van der Waals surface area (Å²) in [6, 6.07) is 22.6. The van der Waals surface area contributed by atoms with Crippen LogP contribution in [0.25, 0.3) is 0 Å². The number of nitrogens with one attached hydrogen (secondary N) is 2. The van der Waals surface area contributed by atoms with E-state index in [9.17, 15) is 14.7 Å². The number of aryl methyl sites for hydroxylation is 1. The van der Waals surface area contributed by atoms with Gasteiger partial charge in [0.05, 0.1) is 42.5 Å². The topological polar surface area (TPSA) is 122 Å². The molecule has 3 N–H and O–H groups in total. The first kappa shape index (κ1) is 36.4. The van der Waals surface area contributed by atoms with Gasteiger partial charge in [0.1, 0.15) is 0 Å². The second-order valence-corrected chi connectivity index (χ2v) is 19.1. The van der Waals surface area contributed by atoms with Gasteiger partial charge in [0.2, 0.25) is 14.3 Å². The number of ether oxygens (including phenoxy) is 1. The molecule has 3 aromatic carbocycles. The maximum atomic E-state index is 16.4. The largest absolute Gasteiger partial charge is 0.395 e. The predicted octanol–water partition coefficient (Wildman–Crippen LogP) is 6.41. The van der Waals surface area contributed by atoms with Gasteiger partial charge in [-0.2, -0.15) is 0 Å². The highest BCUT2D eigenvalue weighted by molar-refractivity contribution is 6.72. The molecule has 3 aliphatic rings. The summed E-state index contributed by atoms with van der Waals surface area (Å²) in [6.45, 7) is 7.48. The lowest BCUT2D eigenvalue weighted by Crippen LogP contribution is -2.45. The maximum Gasteiger partial charge on any atom is 0.264 e. The maximum absolute atomic E-state index is 16.4. The van der Waals surface area contributed by atoms with Crippen molar-refractivity contribution < 1.29 is 23.5 Å². The minimum Gasteiger partial charge on any atom is -0.395 e. The second-order valence-electron chi connectivity index (χ2n) is 14.9. The van der Waals surface area contributed by atoms with E-state index in [2.05, 4.69) is 20.9 Å². The number of hydrogen-bond acceptors (Lipinski definition) is 7. The van der Waals surface area contributed by atoms with Crippen LogP contribution in [0.3, 0.4) is 0 Å². The van der Waals surface area contributed by atoms with Crippen LogP contribution in [0, 0.1) is 11.8 Å². The van der Waals surface area contributed by atoms with Crippen LogP contribution in [0.4, 0.5) is 15.5 Å². The van der Waals surface area contributed by atoms with E-state index in [0.29, 0.717) is 47.2 Å². The molecular formula is C39H46ClFN6O4Si. The van der Waals surface area contributed by atoms with Crippen LogP contribution >= 0.6 is 11.6 Å². The zero-order valence-corrected chi connectivity index (χ0v) is 31.5. The summed E-state index contributed by atoms with van der Waals surface area (Å²) in [5.41, 5.74) is 2.62. The molecule has 2 saturated heterocycles. The van der Waals surface area contributed by atoms with Crippen LogP contribution in [0.2, 0.25) is 23.7 Å². The number of carbonyl (C=O) groups is 2. The first-order valence-electron chi connectivity index (χ1n) is 18.1. The standard InChI is InChI=1S/C39H46ClFN6O4Si/c1-25-36(52(2,3)41)35(17-19-46-23-33(44-45-46)31(24-48)27-8-5-4-6-9-27)51-39(25)32-20-29(40)13-16-34(32)47(38(39)50)22-26-11-14-30(15-12-26)43-37(49)28-10-7-18-42-21-28/h4-6,8-9,11-16,20,23,25,28,31,35-36,42,48H,7,10,17-19,21-22,24H2,1-3H3,(H,43,49)/t25-,28?,31?,35+,36-,39+/m1/s1. The van der Waals surface area contributed by atoms with Gasteiger partial charge in [-0.1, -0.05) is 66.2 Å². The molecule has 2 unspecified atom stereocenters. The Bertz CT molecular complexity index is 1900. The number of aromatic nitrogens is 3.